The van der Waals surface area contributed by atoms with Gasteiger partial charge in [0.05, 0.1) is 12.7 Å². The van der Waals surface area contributed by atoms with Crippen LogP contribution < -0.4 is 5.32 Å². The van der Waals surface area contributed by atoms with Gasteiger partial charge in [0.25, 0.3) is 5.91 Å². The molecule has 23 heavy (non-hydrogen) atoms. The molecule has 0 radical (unpaired) electrons. The Balaban J connectivity index is 2.07. The van der Waals surface area contributed by atoms with Crippen molar-refractivity contribution in [2.24, 2.45) is 0 Å². The summed E-state index contributed by atoms with van der Waals surface area (Å²) in [7, 11) is 0. The summed E-state index contributed by atoms with van der Waals surface area (Å²) in [6.07, 6.45) is -0.578. The molecule has 0 unspecified atom stereocenters. The number of rotatable bonds is 6. The standard InChI is InChI=1S/C17H19NO4S/c1-3-22-17(21)15-9-8-14(23-15)12-4-6-13(7-5-12)16(20)18-10-11(2)19/h4-9,11,19H,3,10H2,1-2H3,(H,18,20)/t11-/m0/s1. The highest BCUT2D eigenvalue weighted by molar-refractivity contribution is 7.17. The zero-order valence-corrected chi connectivity index (χ0v) is 13.9. The van der Waals surface area contributed by atoms with Crippen LogP contribution in [-0.4, -0.2) is 36.2 Å². The normalized spacial score (nSPS) is 11.8. The minimum atomic E-state index is -0.578. The number of hydrogen-bond acceptors (Lipinski definition) is 5. The fraction of sp³-hybridized carbons (Fsp3) is 0.294. The Labute approximate surface area is 138 Å². The van der Waals surface area contributed by atoms with Gasteiger partial charge in [0.1, 0.15) is 4.88 Å². The highest BCUT2D eigenvalue weighted by Gasteiger charge is 2.12. The summed E-state index contributed by atoms with van der Waals surface area (Å²) in [5, 5.41) is 11.8. The highest BCUT2D eigenvalue weighted by Crippen LogP contribution is 2.28. The third-order valence-corrected chi connectivity index (χ3v) is 4.19. The molecule has 1 aromatic heterocycles. The molecular formula is C17H19NO4S. The average Bonchev–Trinajstić information content (AvgIpc) is 3.03. The number of amides is 1. The van der Waals surface area contributed by atoms with E-state index in [1.807, 2.05) is 18.2 Å². The fourth-order valence-corrected chi connectivity index (χ4v) is 2.84. The summed E-state index contributed by atoms with van der Waals surface area (Å²) < 4.78 is 4.97. The molecule has 2 aromatic rings. The molecule has 0 saturated carbocycles. The first-order valence-electron chi connectivity index (χ1n) is 7.35. The molecule has 2 N–H and O–H groups in total. The van der Waals surface area contributed by atoms with Crippen molar-refractivity contribution in [3.63, 3.8) is 0 Å². The second-order valence-electron chi connectivity index (χ2n) is 5.02. The molecule has 1 aromatic carbocycles. The maximum absolute atomic E-state index is 11.9. The van der Waals surface area contributed by atoms with Crippen LogP contribution in [0.5, 0.6) is 0 Å². The molecule has 122 valence electrons. The zero-order chi connectivity index (χ0) is 16.8. The van der Waals surface area contributed by atoms with Crippen LogP contribution in [0.3, 0.4) is 0 Å². The molecule has 1 amide bonds. The molecule has 6 heteroatoms. The van der Waals surface area contributed by atoms with E-state index in [9.17, 15) is 14.7 Å². The van der Waals surface area contributed by atoms with Gasteiger partial charge in [0.15, 0.2) is 0 Å². The van der Waals surface area contributed by atoms with E-state index in [0.717, 1.165) is 10.4 Å². The van der Waals surface area contributed by atoms with Crippen LogP contribution in [0.15, 0.2) is 36.4 Å². The smallest absolute Gasteiger partial charge is 0.348 e. The van der Waals surface area contributed by atoms with Crippen LogP contribution in [0.2, 0.25) is 0 Å². The number of nitrogens with one attached hydrogen (secondary N) is 1. The Hall–Kier alpha value is -2.18. The summed E-state index contributed by atoms with van der Waals surface area (Å²) in [4.78, 5) is 25.0. The van der Waals surface area contributed by atoms with Crippen molar-refractivity contribution in [3.8, 4) is 10.4 Å². The Morgan fingerprint density at radius 2 is 1.91 bits per heavy atom. The predicted molar refractivity (Wildman–Crippen MR) is 89.7 cm³/mol. The number of esters is 1. The first kappa shape index (κ1) is 17.2. The minimum absolute atomic E-state index is 0.217. The summed E-state index contributed by atoms with van der Waals surface area (Å²) in [6, 6.07) is 10.7. The van der Waals surface area contributed by atoms with Gasteiger partial charge in [-0.2, -0.15) is 0 Å². The number of aliphatic hydroxyl groups is 1. The van der Waals surface area contributed by atoms with Gasteiger partial charge in [-0.05, 0) is 43.7 Å². The molecule has 0 aliphatic rings. The number of aliphatic hydroxyl groups excluding tert-OH is 1. The van der Waals surface area contributed by atoms with E-state index >= 15 is 0 Å². The molecule has 5 nitrogen and oxygen atoms in total. The van der Waals surface area contributed by atoms with Gasteiger partial charge in [0.2, 0.25) is 0 Å². The molecule has 0 saturated heterocycles. The largest absolute Gasteiger partial charge is 0.462 e. The van der Waals surface area contributed by atoms with Crippen molar-refractivity contribution in [2.45, 2.75) is 20.0 Å². The van der Waals surface area contributed by atoms with E-state index in [0.29, 0.717) is 17.0 Å². The first-order valence-corrected chi connectivity index (χ1v) is 8.16. The van der Waals surface area contributed by atoms with Crippen molar-refractivity contribution in [3.05, 3.63) is 46.8 Å². The molecule has 1 atom stereocenters. The van der Waals surface area contributed by atoms with Crippen LogP contribution in [-0.2, 0) is 4.74 Å². The minimum Gasteiger partial charge on any atom is -0.462 e. The maximum Gasteiger partial charge on any atom is 0.348 e. The van der Waals surface area contributed by atoms with Gasteiger partial charge in [-0.1, -0.05) is 12.1 Å². The number of benzene rings is 1. The van der Waals surface area contributed by atoms with Crippen molar-refractivity contribution in [1.29, 1.82) is 0 Å². The lowest BCUT2D eigenvalue weighted by Crippen LogP contribution is -2.30. The molecule has 2 rings (SSSR count). The van der Waals surface area contributed by atoms with E-state index in [-0.39, 0.29) is 18.4 Å². The SMILES string of the molecule is CCOC(=O)c1ccc(-c2ccc(C(=O)NC[C@H](C)O)cc2)s1. The second kappa shape index (κ2) is 7.89. The van der Waals surface area contributed by atoms with Gasteiger partial charge < -0.3 is 15.2 Å². The lowest BCUT2D eigenvalue weighted by molar-refractivity contribution is 0.0532. The Bertz CT molecular complexity index is 676. The van der Waals surface area contributed by atoms with E-state index in [1.54, 1.807) is 32.0 Å². The number of carbonyl (C=O) groups excluding carboxylic acids is 2. The Morgan fingerprint density at radius 3 is 2.52 bits per heavy atom. The number of hydrogen-bond donors (Lipinski definition) is 2. The van der Waals surface area contributed by atoms with E-state index in [1.165, 1.54) is 11.3 Å². The van der Waals surface area contributed by atoms with Crippen LogP contribution in [0, 0.1) is 0 Å². The highest BCUT2D eigenvalue weighted by atomic mass is 32.1. The molecule has 0 aliphatic carbocycles. The summed E-state index contributed by atoms with van der Waals surface area (Å²) in [6.45, 7) is 3.95. The van der Waals surface area contributed by atoms with Gasteiger partial charge in [-0.15, -0.1) is 11.3 Å². The fourth-order valence-electron chi connectivity index (χ4n) is 1.93. The zero-order valence-electron chi connectivity index (χ0n) is 13.0. The summed E-state index contributed by atoms with van der Waals surface area (Å²) >= 11 is 1.35. The maximum atomic E-state index is 11.9. The van der Waals surface area contributed by atoms with Crippen LogP contribution in [0.25, 0.3) is 10.4 Å². The number of carbonyl (C=O) groups is 2. The number of thiophene rings is 1. The van der Waals surface area contributed by atoms with Gasteiger partial charge >= 0.3 is 5.97 Å². The summed E-state index contributed by atoms with van der Waals surface area (Å²) in [5.41, 5.74) is 1.45. The molecule has 0 fully saturated rings. The monoisotopic (exact) mass is 333 g/mol. The van der Waals surface area contributed by atoms with Gasteiger partial charge in [-0.25, -0.2) is 4.79 Å². The van der Waals surface area contributed by atoms with Crippen LogP contribution >= 0.6 is 11.3 Å². The molecular weight excluding hydrogens is 314 g/mol. The van der Waals surface area contributed by atoms with Gasteiger partial charge in [-0.3, -0.25) is 4.79 Å². The van der Waals surface area contributed by atoms with E-state index in [4.69, 9.17) is 4.74 Å². The Morgan fingerprint density at radius 1 is 1.22 bits per heavy atom. The second-order valence-corrected chi connectivity index (χ2v) is 6.10. The van der Waals surface area contributed by atoms with E-state index < -0.39 is 6.10 Å². The van der Waals surface area contributed by atoms with Crippen LogP contribution in [0.4, 0.5) is 0 Å². The third kappa shape index (κ3) is 4.64. The molecule has 1 heterocycles. The quantitative estimate of drug-likeness (QED) is 0.797. The topological polar surface area (TPSA) is 75.6 Å². The van der Waals surface area contributed by atoms with Crippen molar-refractivity contribution in [2.75, 3.05) is 13.2 Å². The van der Waals surface area contributed by atoms with Crippen molar-refractivity contribution >= 4 is 23.2 Å². The van der Waals surface area contributed by atoms with Crippen LogP contribution in [0.1, 0.15) is 33.9 Å². The van der Waals surface area contributed by atoms with Gasteiger partial charge in [0, 0.05) is 17.0 Å². The van der Waals surface area contributed by atoms with Crippen molar-refractivity contribution < 1.29 is 19.4 Å². The van der Waals surface area contributed by atoms with E-state index in [2.05, 4.69) is 5.32 Å². The van der Waals surface area contributed by atoms with Crippen molar-refractivity contribution in [1.82, 2.24) is 5.32 Å². The molecule has 0 spiro atoms. The lowest BCUT2D eigenvalue weighted by atomic mass is 10.1. The molecule has 0 bridgehead atoms. The average molecular weight is 333 g/mol. The predicted octanol–water partition coefficient (Wildman–Crippen LogP) is 2.70. The molecule has 0 aliphatic heterocycles. The lowest BCUT2D eigenvalue weighted by Gasteiger charge is -2.07. The third-order valence-electron chi connectivity index (χ3n) is 3.07. The first-order chi connectivity index (χ1) is 11.0. The summed E-state index contributed by atoms with van der Waals surface area (Å²) in [5.74, 6) is -0.547. The Kier molecular flexibility index (Phi) is 5.90. The number of ether oxygens (including phenoxy) is 1.